The van der Waals surface area contributed by atoms with E-state index < -0.39 is 5.97 Å². The zero-order valence-electron chi connectivity index (χ0n) is 12.7. The Balaban J connectivity index is 1.83. The van der Waals surface area contributed by atoms with Crippen molar-refractivity contribution in [1.29, 1.82) is 0 Å². The molecule has 0 aromatic heterocycles. The van der Waals surface area contributed by atoms with Crippen LogP contribution >= 0.6 is 0 Å². The summed E-state index contributed by atoms with van der Waals surface area (Å²) in [5.74, 6) is 0.551. The van der Waals surface area contributed by atoms with E-state index in [1.54, 1.807) is 0 Å². The van der Waals surface area contributed by atoms with E-state index in [0.29, 0.717) is 17.8 Å². The molecule has 110 valence electrons. The van der Waals surface area contributed by atoms with E-state index in [0.717, 1.165) is 37.9 Å². The first-order valence-corrected chi connectivity index (χ1v) is 7.83. The predicted octanol–water partition coefficient (Wildman–Crippen LogP) is 3.39. The molecule has 2 fully saturated rings. The summed E-state index contributed by atoms with van der Waals surface area (Å²) in [4.78, 5) is 13.4. The Morgan fingerprint density at radius 2 is 1.89 bits per heavy atom. The van der Waals surface area contributed by atoms with Crippen LogP contribution in [0.25, 0.3) is 0 Å². The first kappa shape index (κ1) is 14.8. The van der Waals surface area contributed by atoms with E-state index in [9.17, 15) is 4.79 Å². The lowest BCUT2D eigenvalue weighted by molar-refractivity contribution is -0.138. The number of carbonyl (C=O) groups is 1. The van der Waals surface area contributed by atoms with Crippen LogP contribution in [0.5, 0.6) is 0 Å². The molecule has 0 aromatic carbocycles. The Bertz CT molecular complexity index is 319. The molecule has 0 aromatic rings. The third kappa shape index (κ3) is 3.95. The molecule has 0 bridgehead atoms. The zero-order chi connectivity index (χ0) is 14.0. The van der Waals surface area contributed by atoms with Gasteiger partial charge in [-0.15, -0.1) is 0 Å². The van der Waals surface area contributed by atoms with Crippen molar-refractivity contribution in [3.05, 3.63) is 0 Å². The Kier molecular flexibility index (Phi) is 4.54. The Labute approximate surface area is 117 Å². The summed E-state index contributed by atoms with van der Waals surface area (Å²) >= 11 is 0. The molecule has 1 saturated carbocycles. The normalized spacial score (nSPS) is 33.2. The second-order valence-electron chi connectivity index (χ2n) is 7.53. The minimum absolute atomic E-state index is 0.362. The van der Waals surface area contributed by atoms with E-state index in [4.69, 9.17) is 5.11 Å². The highest BCUT2D eigenvalue weighted by atomic mass is 16.4. The van der Waals surface area contributed by atoms with Gasteiger partial charge >= 0.3 is 5.97 Å². The van der Waals surface area contributed by atoms with Crippen LogP contribution in [0.2, 0.25) is 0 Å². The van der Waals surface area contributed by atoms with Crippen molar-refractivity contribution in [2.45, 2.75) is 65.3 Å². The summed E-state index contributed by atoms with van der Waals surface area (Å²) in [6.07, 6.45) is 6.47. The van der Waals surface area contributed by atoms with Crippen molar-refractivity contribution >= 4 is 5.97 Å². The molecule has 0 amide bonds. The molecule has 1 N–H and O–H groups in total. The number of nitrogens with zero attached hydrogens (tertiary/aromatic N) is 1. The smallest absolute Gasteiger partial charge is 0.303 e. The summed E-state index contributed by atoms with van der Waals surface area (Å²) in [7, 11) is 0. The number of aliphatic carboxylic acids is 1. The maximum absolute atomic E-state index is 10.8. The number of hydrogen-bond acceptors (Lipinski definition) is 2. The number of piperidine rings is 1. The number of carboxylic acids is 1. The summed E-state index contributed by atoms with van der Waals surface area (Å²) < 4.78 is 0. The van der Waals surface area contributed by atoms with Crippen molar-refractivity contribution in [3.8, 4) is 0 Å². The van der Waals surface area contributed by atoms with E-state index in [1.165, 1.54) is 19.3 Å². The Hall–Kier alpha value is -0.570. The molecule has 1 aliphatic carbocycles. The molecular formula is C16H29NO2. The predicted molar refractivity (Wildman–Crippen MR) is 77.1 cm³/mol. The fourth-order valence-corrected chi connectivity index (χ4v) is 4.21. The maximum atomic E-state index is 10.8. The molecule has 19 heavy (non-hydrogen) atoms. The highest BCUT2D eigenvalue weighted by Gasteiger charge is 2.36. The van der Waals surface area contributed by atoms with Gasteiger partial charge in [-0.2, -0.15) is 0 Å². The van der Waals surface area contributed by atoms with E-state index in [-0.39, 0.29) is 0 Å². The monoisotopic (exact) mass is 267 g/mol. The van der Waals surface area contributed by atoms with Crippen LogP contribution < -0.4 is 0 Å². The second-order valence-corrected chi connectivity index (χ2v) is 7.53. The van der Waals surface area contributed by atoms with Crippen LogP contribution in [0.3, 0.4) is 0 Å². The molecule has 0 spiro atoms. The third-order valence-corrected chi connectivity index (χ3v) is 5.23. The maximum Gasteiger partial charge on any atom is 0.303 e. The van der Waals surface area contributed by atoms with E-state index in [2.05, 4.69) is 25.7 Å². The third-order valence-electron chi connectivity index (χ3n) is 5.23. The summed E-state index contributed by atoms with van der Waals surface area (Å²) in [5.41, 5.74) is 0.511. The SMILES string of the molecule is CC1CC(C)(C)CCC1N1CCC(CC(=O)O)CC1. The van der Waals surface area contributed by atoms with Gasteiger partial charge in [0, 0.05) is 12.5 Å². The van der Waals surface area contributed by atoms with Gasteiger partial charge in [-0.25, -0.2) is 0 Å². The van der Waals surface area contributed by atoms with Crippen LogP contribution in [0.15, 0.2) is 0 Å². The summed E-state index contributed by atoms with van der Waals surface area (Å²) in [6.45, 7) is 9.38. The first-order valence-electron chi connectivity index (χ1n) is 7.83. The van der Waals surface area contributed by atoms with E-state index >= 15 is 0 Å². The van der Waals surface area contributed by atoms with Gasteiger partial charge in [-0.1, -0.05) is 20.8 Å². The largest absolute Gasteiger partial charge is 0.481 e. The number of carboxylic acid groups (broad SMARTS) is 1. The molecular weight excluding hydrogens is 238 g/mol. The lowest BCUT2D eigenvalue weighted by Crippen LogP contribution is -2.48. The van der Waals surface area contributed by atoms with Crippen molar-refractivity contribution in [1.82, 2.24) is 4.90 Å². The van der Waals surface area contributed by atoms with Crippen molar-refractivity contribution < 1.29 is 9.90 Å². The fraction of sp³-hybridized carbons (Fsp3) is 0.938. The van der Waals surface area contributed by atoms with Gasteiger partial charge in [0.25, 0.3) is 0 Å². The lowest BCUT2D eigenvalue weighted by Gasteiger charge is -2.46. The van der Waals surface area contributed by atoms with Crippen LogP contribution in [0.1, 0.15) is 59.3 Å². The van der Waals surface area contributed by atoms with Crippen molar-refractivity contribution in [2.75, 3.05) is 13.1 Å². The Morgan fingerprint density at radius 1 is 1.26 bits per heavy atom. The lowest BCUT2D eigenvalue weighted by atomic mass is 9.70. The van der Waals surface area contributed by atoms with Gasteiger partial charge in [0.15, 0.2) is 0 Å². The first-order chi connectivity index (χ1) is 8.87. The average molecular weight is 267 g/mol. The molecule has 1 saturated heterocycles. The molecule has 1 heterocycles. The van der Waals surface area contributed by atoms with Crippen LogP contribution in [-0.4, -0.2) is 35.1 Å². The molecule has 1 aliphatic heterocycles. The number of hydrogen-bond donors (Lipinski definition) is 1. The molecule has 2 unspecified atom stereocenters. The fourth-order valence-electron chi connectivity index (χ4n) is 4.21. The average Bonchev–Trinajstić information content (AvgIpc) is 2.29. The molecule has 2 atom stereocenters. The van der Waals surface area contributed by atoms with Gasteiger partial charge in [0.1, 0.15) is 0 Å². The molecule has 0 radical (unpaired) electrons. The molecule has 3 heteroatoms. The van der Waals surface area contributed by atoms with Gasteiger partial charge in [0.2, 0.25) is 0 Å². The number of rotatable bonds is 3. The summed E-state index contributed by atoms with van der Waals surface area (Å²) in [5, 5.41) is 8.87. The summed E-state index contributed by atoms with van der Waals surface area (Å²) in [6, 6.07) is 0.735. The van der Waals surface area contributed by atoms with Gasteiger partial charge in [-0.05, 0) is 62.4 Å². The van der Waals surface area contributed by atoms with Gasteiger partial charge < -0.3 is 10.0 Å². The highest BCUT2D eigenvalue weighted by molar-refractivity contribution is 5.67. The van der Waals surface area contributed by atoms with Crippen molar-refractivity contribution in [2.24, 2.45) is 17.3 Å². The number of likely N-dealkylation sites (tertiary alicyclic amines) is 1. The van der Waals surface area contributed by atoms with Crippen LogP contribution in [0.4, 0.5) is 0 Å². The molecule has 2 rings (SSSR count). The Morgan fingerprint density at radius 3 is 2.42 bits per heavy atom. The zero-order valence-corrected chi connectivity index (χ0v) is 12.7. The topological polar surface area (TPSA) is 40.5 Å². The molecule has 2 aliphatic rings. The molecule has 3 nitrogen and oxygen atoms in total. The van der Waals surface area contributed by atoms with Crippen LogP contribution in [0, 0.1) is 17.3 Å². The standard InChI is InChI=1S/C16H29NO2/c1-12-11-16(2,3)7-4-14(12)17-8-5-13(6-9-17)10-15(18)19/h12-14H,4-11H2,1-3H3,(H,18,19). The van der Waals surface area contributed by atoms with Gasteiger partial charge in [-0.3, -0.25) is 4.79 Å². The quantitative estimate of drug-likeness (QED) is 0.852. The van der Waals surface area contributed by atoms with E-state index in [1.807, 2.05) is 0 Å². The highest BCUT2D eigenvalue weighted by Crippen LogP contribution is 2.41. The minimum atomic E-state index is -0.633. The second kappa shape index (κ2) is 5.82. The minimum Gasteiger partial charge on any atom is -0.481 e. The van der Waals surface area contributed by atoms with Crippen LogP contribution in [-0.2, 0) is 4.79 Å². The van der Waals surface area contributed by atoms with Crippen molar-refractivity contribution in [3.63, 3.8) is 0 Å². The van der Waals surface area contributed by atoms with Gasteiger partial charge in [0.05, 0.1) is 0 Å².